The molecule has 0 spiro atoms. The summed E-state index contributed by atoms with van der Waals surface area (Å²) in [6.07, 6.45) is 0.209. The molecule has 0 radical (unpaired) electrons. The maximum Gasteiger partial charge on any atom is 0.338 e. The van der Waals surface area contributed by atoms with Crippen molar-refractivity contribution in [2.24, 2.45) is 0 Å². The monoisotopic (exact) mass is 460 g/mol. The van der Waals surface area contributed by atoms with Crippen molar-refractivity contribution in [2.45, 2.75) is 31.2 Å². The van der Waals surface area contributed by atoms with Crippen molar-refractivity contribution in [1.29, 1.82) is 0 Å². The van der Waals surface area contributed by atoms with E-state index in [0.29, 0.717) is 5.75 Å². The van der Waals surface area contributed by atoms with Crippen molar-refractivity contribution >= 4 is 41.1 Å². The molecule has 164 valence electrons. The van der Waals surface area contributed by atoms with E-state index in [1.165, 1.54) is 16.9 Å². The van der Waals surface area contributed by atoms with Crippen LogP contribution >= 0.6 is 23.1 Å². The minimum atomic E-state index is -0.654. The maximum atomic E-state index is 12.6. The lowest BCUT2D eigenvalue weighted by Gasteiger charge is -2.28. The van der Waals surface area contributed by atoms with Crippen molar-refractivity contribution in [3.05, 3.63) is 63.5 Å². The molecule has 1 aliphatic heterocycles. The van der Waals surface area contributed by atoms with Gasteiger partial charge in [-0.3, -0.25) is 4.79 Å². The summed E-state index contributed by atoms with van der Waals surface area (Å²) in [5.74, 6) is -0.401. The predicted molar refractivity (Wildman–Crippen MR) is 120 cm³/mol. The first-order chi connectivity index (χ1) is 15.0. The summed E-state index contributed by atoms with van der Waals surface area (Å²) in [7, 11) is 0. The van der Waals surface area contributed by atoms with E-state index in [1.54, 1.807) is 18.7 Å². The summed E-state index contributed by atoms with van der Waals surface area (Å²) in [6.45, 7) is 3.71. The van der Waals surface area contributed by atoms with Gasteiger partial charge >= 0.3 is 18.0 Å². The van der Waals surface area contributed by atoms with Gasteiger partial charge in [-0.2, -0.15) is 0 Å². The number of urea groups is 1. The zero-order chi connectivity index (χ0) is 22.2. The Morgan fingerprint density at radius 1 is 1.16 bits per heavy atom. The largest absolute Gasteiger partial charge is 0.463 e. The Hall–Kier alpha value is -2.78. The molecule has 0 saturated carbocycles. The number of esters is 2. The van der Waals surface area contributed by atoms with Gasteiger partial charge in [0.15, 0.2) is 0 Å². The molecule has 2 heterocycles. The fraction of sp³-hybridized carbons (Fsp3) is 0.318. The highest BCUT2D eigenvalue weighted by molar-refractivity contribution is 7.99. The third kappa shape index (κ3) is 6.35. The van der Waals surface area contributed by atoms with Crippen LogP contribution in [0, 0.1) is 6.92 Å². The van der Waals surface area contributed by atoms with Crippen molar-refractivity contribution in [1.82, 2.24) is 10.6 Å². The number of carbonyl (C=O) groups excluding carboxylic acids is 3. The van der Waals surface area contributed by atoms with Gasteiger partial charge in [0.1, 0.15) is 6.61 Å². The van der Waals surface area contributed by atoms with Crippen molar-refractivity contribution in [2.75, 3.05) is 19.0 Å². The highest BCUT2D eigenvalue weighted by atomic mass is 32.2. The standard InChI is InChI=1S/C22H24N2O5S2/c1-3-28-21(26)19-16(23-22(27)24-20(19)17-5-4-11-31-17)13-29-18(25)10-12-30-15-8-6-14(2)7-9-15/h4-9,11,20H,3,10,12-13H2,1-2H3,(H2,23,24,27). The number of rotatable bonds is 9. The Balaban J connectivity index is 1.65. The Morgan fingerprint density at radius 3 is 2.61 bits per heavy atom. The summed E-state index contributed by atoms with van der Waals surface area (Å²) in [5, 5.41) is 7.19. The molecule has 9 heteroatoms. The van der Waals surface area contributed by atoms with Crippen molar-refractivity contribution in [3.63, 3.8) is 0 Å². The molecule has 1 aromatic heterocycles. The number of amides is 2. The lowest BCUT2D eigenvalue weighted by molar-refractivity contribution is -0.143. The van der Waals surface area contributed by atoms with Gasteiger partial charge in [0, 0.05) is 15.5 Å². The normalized spacial score (nSPS) is 15.8. The zero-order valence-corrected chi connectivity index (χ0v) is 18.9. The van der Waals surface area contributed by atoms with Gasteiger partial charge in [0.2, 0.25) is 0 Å². The number of ether oxygens (including phenoxy) is 2. The number of hydrogen-bond acceptors (Lipinski definition) is 7. The SMILES string of the molecule is CCOC(=O)C1=C(COC(=O)CCSc2ccc(C)cc2)NC(=O)NC1c1cccs1. The van der Waals surface area contributed by atoms with Crippen LogP contribution in [0.5, 0.6) is 0 Å². The first-order valence-corrected chi connectivity index (χ1v) is 11.7. The van der Waals surface area contributed by atoms with Crippen molar-refractivity contribution < 1.29 is 23.9 Å². The van der Waals surface area contributed by atoms with Gasteiger partial charge in [-0.25, -0.2) is 9.59 Å². The first-order valence-electron chi connectivity index (χ1n) is 9.84. The number of benzene rings is 1. The number of thioether (sulfide) groups is 1. The topological polar surface area (TPSA) is 93.7 Å². The molecule has 1 aliphatic rings. The van der Waals surface area contributed by atoms with E-state index < -0.39 is 24.0 Å². The summed E-state index contributed by atoms with van der Waals surface area (Å²) >= 11 is 2.98. The second kappa shape index (κ2) is 11.0. The minimum absolute atomic E-state index is 0.191. The van der Waals surface area contributed by atoms with Crippen LogP contribution in [0.15, 0.2) is 57.9 Å². The average molecular weight is 461 g/mol. The van der Waals surface area contributed by atoms with Crippen LogP contribution in [0.2, 0.25) is 0 Å². The Morgan fingerprint density at radius 2 is 1.94 bits per heavy atom. The summed E-state index contributed by atoms with van der Waals surface area (Å²) in [4.78, 5) is 38.9. The molecule has 0 saturated heterocycles. The molecule has 2 amide bonds. The highest BCUT2D eigenvalue weighted by Crippen LogP contribution is 2.30. The number of thiophene rings is 1. The van der Waals surface area contributed by atoms with E-state index in [-0.39, 0.29) is 30.9 Å². The second-order valence-corrected chi connectivity index (χ2v) is 8.88. The van der Waals surface area contributed by atoms with Gasteiger partial charge in [-0.05, 0) is 37.4 Å². The van der Waals surface area contributed by atoms with Gasteiger partial charge in [-0.15, -0.1) is 23.1 Å². The molecule has 3 rings (SSSR count). The number of nitrogens with one attached hydrogen (secondary N) is 2. The molecule has 0 aliphatic carbocycles. The summed E-state index contributed by atoms with van der Waals surface area (Å²) in [5.41, 5.74) is 1.66. The van der Waals surface area contributed by atoms with Crippen LogP contribution in [0.3, 0.4) is 0 Å². The Labute approximate surface area is 189 Å². The molecule has 7 nitrogen and oxygen atoms in total. The van der Waals surface area contributed by atoms with Crippen LogP contribution in [-0.2, 0) is 19.1 Å². The molecule has 31 heavy (non-hydrogen) atoms. The van der Waals surface area contributed by atoms with E-state index >= 15 is 0 Å². The number of carbonyl (C=O) groups is 3. The Kier molecular flexibility index (Phi) is 8.13. The molecular weight excluding hydrogens is 436 g/mol. The summed E-state index contributed by atoms with van der Waals surface area (Å²) < 4.78 is 10.5. The van der Waals surface area contributed by atoms with E-state index in [1.807, 2.05) is 48.7 Å². The lowest BCUT2D eigenvalue weighted by atomic mass is 10.0. The maximum absolute atomic E-state index is 12.6. The van der Waals surface area contributed by atoms with Gasteiger partial charge in [-0.1, -0.05) is 23.8 Å². The number of aryl methyl sites for hydroxylation is 1. The molecule has 1 unspecified atom stereocenters. The average Bonchev–Trinajstić information content (AvgIpc) is 3.28. The Bertz CT molecular complexity index is 955. The summed E-state index contributed by atoms with van der Waals surface area (Å²) in [6, 6.07) is 10.6. The van der Waals surface area contributed by atoms with Gasteiger partial charge in [0.05, 0.1) is 30.3 Å². The van der Waals surface area contributed by atoms with E-state index in [4.69, 9.17) is 9.47 Å². The second-order valence-electron chi connectivity index (χ2n) is 6.73. The van der Waals surface area contributed by atoms with Gasteiger partial charge < -0.3 is 20.1 Å². The molecule has 1 aromatic carbocycles. The molecule has 2 aromatic rings. The van der Waals surface area contributed by atoms with E-state index in [9.17, 15) is 14.4 Å². The van der Waals surface area contributed by atoms with E-state index in [2.05, 4.69) is 10.6 Å². The van der Waals surface area contributed by atoms with Crippen LogP contribution < -0.4 is 10.6 Å². The quantitative estimate of drug-likeness (QED) is 0.435. The fourth-order valence-electron chi connectivity index (χ4n) is 2.96. The van der Waals surface area contributed by atoms with Gasteiger partial charge in [0.25, 0.3) is 0 Å². The predicted octanol–water partition coefficient (Wildman–Crippen LogP) is 3.95. The molecule has 1 atom stereocenters. The minimum Gasteiger partial charge on any atom is -0.463 e. The molecular formula is C22H24N2O5S2. The first kappa shape index (κ1) is 22.9. The highest BCUT2D eigenvalue weighted by Gasteiger charge is 2.34. The van der Waals surface area contributed by atoms with Crippen LogP contribution in [0.25, 0.3) is 0 Å². The zero-order valence-electron chi connectivity index (χ0n) is 17.3. The van der Waals surface area contributed by atoms with Crippen LogP contribution in [0.4, 0.5) is 4.79 Å². The smallest absolute Gasteiger partial charge is 0.338 e. The molecule has 0 bridgehead atoms. The van der Waals surface area contributed by atoms with Crippen LogP contribution in [0.1, 0.15) is 29.8 Å². The molecule has 0 fully saturated rings. The molecule has 2 N–H and O–H groups in total. The van der Waals surface area contributed by atoms with Crippen LogP contribution in [-0.4, -0.2) is 36.9 Å². The third-order valence-corrected chi connectivity index (χ3v) is 6.40. The van der Waals surface area contributed by atoms with Crippen molar-refractivity contribution in [3.8, 4) is 0 Å². The fourth-order valence-corrected chi connectivity index (χ4v) is 4.58. The number of hydrogen-bond donors (Lipinski definition) is 2. The third-order valence-electron chi connectivity index (χ3n) is 4.45. The lowest BCUT2D eigenvalue weighted by Crippen LogP contribution is -2.46. The van der Waals surface area contributed by atoms with E-state index in [0.717, 1.165) is 9.77 Å².